The Kier molecular flexibility index (Phi) is 7.13. The molecule has 0 saturated heterocycles. The van der Waals surface area contributed by atoms with Crippen LogP contribution in [0.2, 0.25) is 0 Å². The van der Waals surface area contributed by atoms with Gasteiger partial charge in [0.1, 0.15) is 23.4 Å². The number of ether oxygens (including phenoxy) is 3. The predicted octanol–water partition coefficient (Wildman–Crippen LogP) is 3.26. The lowest BCUT2D eigenvalue weighted by Gasteiger charge is -2.38. The van der Waals surface area contributed by atoms with Crippen LogP contribution >= 0.6 is 0 Å². The lowest BCUT2D eigenvalue weighted by molar-refractivity contribution is -0.118. The molecule has 0 radical (unpaired) electrons. The van der Waals surface area contributed by atoms with Gasteiger partial charge in [-0.1, -0.05) is 0 Å². The van der Waals surface area contributed by atoms with Crippen LogP contribution in [0.4, 0.5) is 10.6 Å². The average molecular weight is 487 g/mol. The molecule has 2 amide bonds. The molecule has 2 aliphatic rings. The van der Waals surface area contributed by atoms with Crippen LogP contribution in [0, 0.1) is 0 Å². The van der Waals surface area contributed by atoms with Gasteiger partial charge in [0.25, 0.3) is 5.91 Å². The fraction of sp³-hybridized carbons (Fsp3) is 0.500. The third kappa shape index (κ3) is 5.84. The molecule has 0 aliphatic heterocycles. The number of aromatic nitrogens is 2. The largest absolute Gasteiger partial charge is 0.507 e. The van der Waals surface area contributed by atoms with Crippen molar-refractivity contribution >= 4 is 24.1 Å². The zero-order valence-electron chi connectivity index (χ0n) is 19.8. The Hall–Kier alpha value is -3.76. The molecule has 1 heterocycles. The number of phenols is 1. The average Bonchev–Trinajstić information content (AvgIpc) is 3.45. The quantitative estimate of drug-likeness (QED) is 0.394. The van der Waals surface area contributed by atoms with E-state index in [-0.39, 0.29) is 46.5 Å². The van der Waals surface area contributed by atoms with Crippen LogP contribution in [0.15, 0.2) is 18.2 Å². The normalized spacial score (nSPS) is 20.4. The van der Waals surface area contributed by atoms with Gasteiger partial charge in [-0.25, -0.2) is 4.79 Å². The highest BCUT2D eigenvalue weighted by molar-refractivity contribution is 5.91. The summed E-state index contributed by atoms with van der Waals surface area (Å²) in [6.45, 7) is 1.63. The minimum Gasteiger partial charge on any atom is -0.507 e. The molecule has 2 fully saturated rings. The number of hydrogen-bond donors (Lipinski definition) is 4. The molecule has 11 nitrogen and oxygen atoms in total. The van der Waals surface area contributed by atoms with Crippen molar-refractivity contribution < 1.29 is 33.7 Å². The van der Waals surface area contributed by atoms with E-state index in [9.17, 15) is 19.5 Å². The number of anilines is 1. The topological polar surface area (TPSA) is 152 Å². The van der Waals surface area contributed by atoms with Crippen molar-refractivity contribution in [3.63, 3.8) is 0 Å². The molecule has 35 heavy (non-hydrogen) atoms. The van der Waals surface area contributed by atoms with Gasteiger partial charge < -0.3 is 30.0 Å². The van der Waals surface area contributed by atoms with Crippen molar-refractivity contribution in [3.05, 3.63) is 29.5 Å². The third-order valence-electron chi connectivity index (χ3n) is 6.63. The van der Waals surface area contributed by atoms with Gasteiger partial charge in [-0.05, 0) is 45.4 Å². The number of carbonyl (C=O) groups is 3. The number of amides is 2. The fourth-order valence-corrected chi connectivity index (χ4v) is 4.46. The molecule has 2 aliphatic carbocycles. The summed E-state index contributed by atoms with van der Waals surface area (Å²) in [5.41, 5.74) is 0.630. The third-order valence-corrected chi connectivity index (χ3v) is 6.63. The highest BCUT2D eigenvalue weighted by Crippen LogP contribution is 2.37. The Labute approximate surface area is 202 Å². The molecular formula is C24H30N4O7. The summed E-state index contributed by atoms with van der Waals surface area (Å²) in [5, 5.41) is 22.6. The van der Waals surface area contributed by atoms with Gasteiger partial charge in [0.2, 0.25) is 0 Å². The van der Waals surface area contributed by atoms with Gasteiger partial charge in [-0.2, -0.15) is 5.10 Å². The first-order chi connectivity index (χ1) is 16.8. The number of H-pyrrole nitrogens is 1. The predicted molar refractivity (Wildman–Crippen MR) is 125 cm³/mol. The number of aromatic amines is 1. The van der Waals surface area contributed by atoms with Crippen molar-refractivity contribution in [2.75, 3.05) is 19.0 Å². The first-order valence-corrected chi connectivity index (χ1v) is 11.6. The molecule has 0 bridgehead atoms. The van der Waals surface area contributed by atoms with Crippen LogP contribution in [0.25, 0.3) is 0 Å². The molecule has 2 atom stereocenters. The Balaban J connectivity index is 1.26. The number of rotatable bonds is 9. The highest BCUT2D eigenvalue weighted by Gasteiger charge is 2.36. The number of benzene rings is 1. The first-order valence-electron chi connectivity index (χ1n) is 11.6. The number of methoxy groups -OCH3 is 1. The Morgan fingerprint density at radius 3 is 2.77 bits per heavy atom. The van der Waals surface area contributed by atoms with E-state index >= 15 is 0 Å². The molecule has 2 aromatic rings. The Morgan fingerprint density at radius 2 is 2.09 bits per heavy atom. The summed E-state index contributed by atoms with van der Waals surface area (Å²) in [7, 11) is 1.41. The molecule has 1 aromatic heterocycles. The van der Waals surface area contributed by atoms with Gasteiger partial charge in [0.05, 0.1) is 12.7 Å². The Bertz CT molecular complexity index is 1100. The zero-order chi connectivity index (χ0) is 25.0. The van der Waals surface area contributed by atoms with Gasteiger partial charge in [-0.3, -0.25) is 14.7 Å². The van der Waals surface area contributed by atoms with E-state index in [2.05, 4.69) is 20.8 Å². The number of nitrogens with zero attached hydrogens (tertiary/aromatic N) is 1. The van der Waals surface area contributed by atoms with Crippen molar-refractivity contribution in [1.29, 1.82) is 0 Å². The number of aldehydes is 1. The smallest absolute Gasteiger partial charge is 0.407 e. The lowest BCUT2D eigenvalue weighted by Crippen LogP contribution is -2.51. The van der Waals surface area contributed by atoms with Crippen LogP contribution in [0.3, 0.4) is 0 Å². The van der Waals surface area contributed by atoms with E-state index in [0.717, 1.165) is 37.8 Å². The van der Waals surface area contributed by atoms with Crippen LogP contribution in [-0.2, 0) is 9.53 Å². The molecule has 4 N–H and O–H groups in total. The summed E-state index contributed by atoms with van der Waals surface area (Å²) in [6, 6.07) is 4.44. The van der Waals surface area contributed by atoms with Crippen LogP contribution < -0.4 is 20.1 Å². The molecular weight excluding hydrogens is 456 g/mol. The maximum atomic E-state index is 12.3. The number of phenolic OH excluding ortho intramolecular Hbond substituents is 1. The molecule has 2 saturated carbocycles. The summed E-state index contributed by atoms with van der Waals surface area (Å²) >= 11 is 0. The summed E-state index contributed by atoms with van der Waals surface area (Å²) in [6.07, 6.45) is 5.26. The Morgan fingerprint density at radius 1 is 1.29 bits per heavy atom. The number of alkyl carbamates (subject to hydrolysis) is 1. The number of hydrogen-bond acceptors (Lipinski definition) is 8. The second kappa shape index (κ2) is 10.2. The molecule has 4 rings (SSSR count). The molecule has 11 heteroatoms. The van der Waals surface area contributed by atoms with Crippen LogP contribution in [-0.4, -0.2) is 59.0 Å². The van der Waals surface area contributed by atoms with Gasteiger partial charge in [0.15, 0.2) is 18.7 Å². The van der Waals surface area contributed by atoms with Crippen LogP contribution in [0.5, 0.6) is 17.2 Å². The first kappa shape index (κ1) is 24.4. The van der Waals surface area contributed by atoms with E-state index in [1.165, 1.54) is 19.2 Å². The van der Waals surface area contributed by atoms with E-state index in [0.29, 0.717) is 18.5 Å². The van der Waals surface area contributed by atoms with E-state index < -0.39 is 12.5 Å². The second-order valence-corrected chi connectivity index (χ2v) is 9.30. The molecule has 0 spiro atoms. The maximum Gasteiger partial charge on any atom is 0.407 e. The van der Waals surface area contributed by atoms with Gasteiger partial charge >= 0.3 is 6.09 Å². The van der Waals surface area contributed by atoms with Gasteiger partial charge in [0, 0.05) is 35.3 Å². The summed E-state index contributed by atoms with van der Waals surface area (Å²) < 4.78 is 16.1. The van der Waals surface area contributed by atoms with Crippen molar-refractivity contribution in [2.24, 2.45) is 0 Å². The fourth-order valence-electron chi connectivity index (χ4n) is 4.46. The second-order valence-electron chi connectivity index (χ2n) is 9.30. The van der Waals surface area contributed by atoms with Crippen LogP contribution in [0.1, 0.15) is 67.4 Å². The highest BCUT2D eigenvalue weighted by atomic mass is 16.6. The molecule has 188 valence electrons. The molecule has 1 aromatic carbocycles. The lowest BCUT2D eigenvalue weighted by atomic mass is 9.79. The SMILES string of the molecule is COc1cc(O)c(C=O)c(OCC(=O)Nc2cc([C@H]3CC[C@@H](OC(=O)NC4(C)CCC4)C3)[nH]n2)c1. The molecule has 0 unspecified atom stereocenters. The zero-order valence-corrected chi connectivity index (χ0v) is 19.8. The van der Waals surface area contributed by atoms with Crippen molar-refractivity contribution in [2.45, 2.75) is 63.0 Å². The standard InChI is InChI=1S/C24H30N4O7/c1-24(6-3-7-24)26-23(32)35-15-5-4-14(8-15)18-11-21(28-27-18)25-22(31)13-34-20-10-16(33-2)9-19(30)17(20)12-29/h9-12,14-15,30H,3-8,13H2,1-2H3,(H,26,32)(H2,25,27,28,31)/t14-,15+/m0/s1. The number of aromatic hydroxyl groups is 1. The van der Waals surface area contributed by atoms with Crippen molar-refractivity contribution in [1.82, 2.24) is 15.5 Å². The maximum absolute atomic E-state index is 12.3. The summed E-state index contributed by atoms with van der Waals surface area (Å²) in [4.78, 5) is 35.8. The van der Waals surface area contributed by atoms with E-state index in [1.807, 2.05) is 6.92 Å². The van der Waals surface area contributed by atoms with E-state index in [1.54, 1.807) is 6.07 Å². The van der Waals surface area contributed by atoms with E-state index in [4.69, 9.17) is 14.2 Å². The minimum absolute atomic E-state index is 0.0297. The number of carbonyl (C=O) groups excluding carboxylic acids is 3. The monoisotopic (exact) mass is 486 g/mol. The van der Waals surface area contributed by atoms with Crippen molar-refractivity contribution in [3.8, 4) is 17.2 Å². The number of nitrogens with one attached hydrogen (secondary N) is 3. The van der Waals surface area contributed by atoms with Gasteiger partial charge in [-0.15, -0.1) is 0 Å². The summed E-state index contributed by atoms with van der Waals surface area (Å²) in [5.74, 6) is -0.0125. The minimum atomic E-state index is -0.490.